The van der Waals surface area contributed by atoms with E-state index in [0.717, 1.165) is 19.4 Å². The van der Waals surface area contributed by atoms with Crippen molar-refractivity contribution >= 4 is 17.3 Å². The summed E-state index contributed by atoms with van der Waals surface area (Å²) in [6, 6.07) is 0. The van der Waals surface area contributed by atoms with Gasteiger partial charge in [-0.2, -0.15) is 0 Å². The number of hydrogen-bond donors (Lipinski definition) is 3. The fourth-order valence-electron chi connectivity index (χ4n) is 1.33. The van der Waals surface area contributed by atoms with E-state index in [9.17, 15) is 0 Å². The maximum atomic E-state index is 5.96. The Balaban J connectivity index is 2.56. The van der Waals surface area contributed by atoms with Gasteiger partial charge in [0.15, 0.2) is 11.6 Å². The van der Waals surface area contributed by atoms with Crippen molar-refractivity contribution in [3.05, 3.63) is 6.33 Å². The van der Waals surface area contributed by atoms with Gasteiger partial charge in [-0.25, -0.2) is 9.97 Å². The zero-order valence-corrected chi connectivity index (χ0v) is 10.5. The third-order valence-electron chi connectivity index (χ3n) is 2.31. The Labute approximate surface area is 102 Å². The van der Waals surface area contributed by atoms with Crippen LogP contribution in [0.25, 0.3) is 0 Å². The lowest BCUT2D eigenvalue weighted by Crippen LogP contribution is -2.13. The standard InChI is InChI=1S/C11H21N5O/c1-3-4-5-13-10-9(12)11(16-8-15-10)14-6-7-17-2/h8H,3-7,12H2,1-2H3,(H2,13,14,15,16). The maximum absolute atomic E-state index is 5.96. The molecule has 0 atom stereocenters. The second-order valence-electron chi connectivity index (χ2n) is 3.68. The molecule has 4 N–H and O–H groups in total. The number of nitrogens with one attached hydrogen (secondary N) is 2. The number of aromatic nitrogens is 2. The van der Waals surface area contributed by atoms with Crippen LogP contribution in [0.2, 0.25) is 0 Å². The zero-order chi connectivity index (χ0) is 12.5. The van der Waals surface area contributed by atoms with Crippen molar-refractivity contribution in [3.63, 3.8) is 0 Å². The van der Waals surface area contributed by atoms with E-state index in [-0.39, 0.29) is 0 Å². The average molecular weight is 239 g/mol. The summed E-state index contributed by atoms with van der Waals surface area (Å²) in [5.74, 6) is 1.34. The topological polar surface area (TPSA) is 85.1 Å². The first-order chi connectivity index (χ1) is 8.29. The maximum Gasteiger partial charge on any atom is 0.154 e. The summed E-state index contributed by atoms with van der Waals surface area (Å²) in [7, 11) is 1.66. The van der Waals surface area contributed by atoms with Gasteiger partial charge in [0, 0.05) is 20.2 Å². The summed E-state index contributed by atoms with van der Waals surface area (Å²) < 4.78 is 4.95. The number of rotatable bonds is 8. The summed E-state index contributed by atoms with van der Waals surface area (Å²) in [6.45, 7) is 4.30. The van der Waals surface area contributed by atoms with Gasteiger partial charge >= 0.3 is 0 Å². The number of nitrogens with zero attached hydrogens (tertiary/aromatic N) is 2. The first-order valence-corrected chi connectivity index (χ1v) is 5.86. The van der Waals surface area contributed by atoms with Gasteiger partial charge in [0.25, 0.3) is 0 Å². The Hall–Kier alpha value is -1.56. The summed E-state index contributed by atoms with van der Waals surface area (Å²) >= 11 is 0. The molecule has 0 saturated heterocycles. The largest absolute Gasteiger partial charge is 0.393 e. The van der Waals surface area contributed by atoms with Gasteiger partial charge in [0.2, 0.25) is 0 Å². The van der Waals surface area contributed by atoms with Crippen molar-refractivity contribution in [1.82, 2.24) is 9.97 Å². The van der Waals surface area contributed by atoms with Crippen LogP contribution in [-0.4, -0.2) is 36.8 Å². The van der Waals surface area contributed by atoms with Crippen molar-refractivity contribution in [2.75, 3.05) is 43.2 Å². The zero-order valence-electron chi connectivity index (χ0n) is 10.5. The van der Waals surface area contributed by atoms with Gasteiger partial charge in [0.1, 0.15) is 12.0 Å². The van der Waals surface area contributed by atoms with Crippen molar-refractivity contribution in [3.8, 4) is 0 Å². The van der Waals surface area contributed by atoms with Crippen LogP contribution in [-0.2, 0) is 4.74 Å². The van der Waals surface area contributed by atoms with E-state index < -0.39 is 0 Å². The van der Waals surface area contributed by atoms with E-state index in [1.165, 1.54) is 6.33 Å². The van der Waals surface area contributed by atoms with Crippen molar-refractivity contribution in [2.24, 2.45) is 0 Å². The number of anilines is 3. The molecule has 0 unspecified atom stereocenters. The third kappa shape index (κ3) is 4.44. The molecule has 6 nitrogen and oxygen atoms in total. The van der Waals surface area contributed by atoms with Crippen LogP contribution >= 0.6 is 0 Å². The number of unbranched alkanes of at least 4 members (excludes halogenated alkanes) is 1. The van der Waals surface area contributed by atoms with Crippen molar-refractivity contribution in [2.45, 2.75) is 19.8 Å². The van der Waals surface area contributed by atoms with Crippen LogP contribution in [0.3, 0.4) is 0 Å². The fraction of sp³-hybridized carbons (Fsp3) is 0.636. The van der Waals surface area contributed by atoms with Crippen LogP contribution in [0.4, 0.5) is 17.3 Å². The minimum Gasteiger partial charge on any atom is -0.393 e. The van der Waals surface area contributed by atoms with Crippen LogP contribution < -0.4 is 16.4 Å². The first-order valence-electron chi connectivity index (χ1n) is 5.86. The molecule has 17 heavy (non-hydrogen) atoms. The lowest BCUT2D eigenvalue weighted by molar-refractivity contribution is 0.210. The molecule has 1 aromatic rings. The molecule has 0 bridgehead atoms. The summed E-state index contributed by atoms with van der Waals surface area (Å²) in [5, 5.41) is 6.30. The lowest BCUT2D eigenvalue weighted by atomic mass is 10.3. The molecule has 0 aromatic carbocycles. The Morgan fingerprint density at radius 3 is 2.47 bits per heavy atom. The van der Waals surface area contributed by atoms with E-state index in [2.05, 4.69) is 27.5 Å². The van der Waals surface area contributed by atoms with Gasteiger partial charge in [-0.3, -0.25) is 0 Å². The molecule has 0 aliphatic heterocycles. The number of nitrogens with two attached hydrogens (primary N) is 1. The second-order valence-corrected chi connectivity index (χ2v) is 3.68. The molecule has 0 aliphatic rings. The highest BCUT2D eigenvalue weighted by molar-refractivity contribution is 5.73. The smallest absolute Gasteiger partial charge is 0.154 e. The molecule has 0 saturated carbocycles. The molecule has 0 amide bonds. The Kier molecular flexibility index (Phi) is 6.09. The van der Waals surface area contributed by atoms with Crippen LogP contribution in [0.1, 0.15) is 19.8 Å². The van der Waals surface area contributed by atoms with Crippen LogP contribution in [0.15, 0.2) is 6.33 Å². The van der Waals surface area contributed by atoms with E-state index in [0.29, 0.717) is 30.5 Å². The molecule has 1 aromatic heterocycles. The predicted octanol–water partition coefficient (Wildman–Crippen LogP) is 1.33. The Bertz CT molecular complexity index is 303. The van der Waals surface area contributed by atoms with Gasteiger partial charge in [0.05, 0.1) is 6.61 Å². The predicted molar refractivity (Wildman–Crippen MR) is 70.2 cm³/mol. The van der Waals surface area contributed by atoms with Gasteiger partial charge in [-0.05, 0) is 6.42 Å². The van der Waals surface area contributed by atoms with Crippen LogP contribution in [0, 0.1) is 0 Å². The van der Waals surface area contributed by atoms with Crippen LogP contribution in [0.5, 0.6) is 0 Å². The Morgan fingerprint density at radius 1 is 1.24 bits per heavy atom. The fourth-order valence-corrected chi connectivity index (χ4v) is 1.33. The van der Waals surface area contributed by atoms with E-state index in [4.69, 9.17) is 10.5 Å². The molecule has 1 rings (SSSR count). The summed E-state index contributed by atoms with van der Waals surface area (Å²) in [5.41, 5.74) is 6.51. The normalized spacial score (nSPS) is 10.2. The third-order valence-corrected chi connectivity index (χ3v) is 2.31. The minimum atomic E-state index is 0.555. The second kappa shape index (κ2) is 7.67. The number of methoxy groups -OCH3 is 1. The van der Waals surface area contributed by atoms with E-state index >= 15 is 0 Å². The average Bonchev–Trinajstić information content (AvgIpc) is 2.34. The van der Waals surface area contributed by atoms with E-state index in [1.807, 2.05) is 0 Å². The lowest BCUT2D eigenvalue weighted by Gasteiger charge is -2.11. The highest BCUT2D eigenvalue weighted by Gasteiger charge is 2.06. The molecular weight excluding hydrogens is 218 g/mol. The van der Waals surface area contributed by atoms with Crippen molar-refractivity contribution < 1.29 is 4.74 Å². The molecular formula is C11H21N5O. The highest BCUT2D eigenvalue weighted by Crippen LogP contribution is 2.21. The SMILES string of the molecule is CCCCNc1ncnc(NCCOC)c1N. The van der Waals surface area contributed by atoms with E-state index in [1.54, 1.807) is 7.11 Å². The number of nitrogen functional groups attached to an aromatic ring is 1. The van der Waals surface area contributed by atoms with Gasteiger partial charge < -0.3 is 21.1 Å². The summed E-state index contributed by atoms with van der Waals surface area (Å²) in [6.07, 6.45) is 3.73. The summed E-state index contributed by atoms with van der Waals surface area (Å²) in [4.78, 5) is 8.22. The molecule has 96 valence electrons. The monoisotopic (exact) mass is 239 g/mol. The molecule has 0 radical (unpaired) electrons. The highest BCUT2D eigenvalue weighted by atomic mass is 16.5. The Morgan fingerprint density at radius 2 is 1.88 bits per heavy atom. The molecule has 0 fully saturated rings. The molecule has 0 spiro atoms. The number of ether oxygens (including phenoxy) is 1. The number of hydrogen-bond acceptors (Lipinski definition) is 6. The molecule has 6 heteroatoms. The first kappa shape index (κ1) is 13.5. The molecule has 0 aliphatic carbocycles. The molecule has 1 heterocycles. The quantitative estimate of drug-likeness (QED) is 0.593. The van der Waals surface area contributed by atoms with Gasteiger partial charge in [-0.15, -0.1) is 0 Å². The van der Waals surface area contributed by atoms with Gasteiger partial charge in [-0.1, -0.05) is 13.3 Å². The van der Waals surface area contributed by atoms with Crippen molar-refractivity contribution in [1.29, 1.82) is 0 Å². The minimum absolute atomic E-state index is 0.555.